The predicted molar refractivity (Wildman–Crippen MR) is 146 cm³/mol. The summed E-state index contributed by atoms with van der Waals surface area (Å²) in [5.74, 6) is 0.560. The van der Waals surface area contributed by atoms with E-state index in [9.17, 15) is 0 Å². The Kier molecular flexibility index (Phi) is 15.1. The Morgan fingerprint density at radius 2 is 1.51 bits per heavy atom. The van der Waals surface area contributed by atoms with Gasteiger partial charge in [-0.25, -0.2) is 5.57 Å². The molecule has 0 aromatic heterocycles. The molecule has 0 fully saturated rings. The van der Waals surface area contributed by atoms with Gasteiger partial charge in [0.05, 0.1) is 0 Å². The summed E-state index contributed by atoms with van der Waals surface area (Å²) < 4.78 is 0. The van der Waals surface area contributed by atoms with E-state index in [0.29, 0.717) is 11.3 Å². The molecule has 4 rings (SSSR count). The molecule has 0 nitrogen and oxygen atoms in total. The van der Waals surface area contributed by atoms with Crippen molar-refractivity contribution in [2.75, 3.05) is 0 Å². The Hall–Kier alpha value is -0.790. The third-order valence-electron chi connectivity index (χ3n) is 5.87. The maximum absolute atomic E-state index is 3.36. The van der Waals surface area contributed by atoms with Crippen molar-refractivity contribution in [3.63, 3.8) is 0 Å². The van der Waals surface area contributed by atoms with Gasteiger partial charge < -0.3 is 24.8 Å². The zero-order chi connectivity index (χ0) is 24.8. The average molecular weight is 603 g/mol. The molecule has 1 atom stereocenters. The molecule has 4 heteroatoms. The van der Waals surface area contributed by atoms with E-state index < -0.39 is 0 Å². The monoisotopic (exact) mass is 600 g/mol. The third kappa shape index (κ3) is 11.0. The van der Waals surface area contributed by atoms with E-state index in [-0.39, 0.29) is 30.2 Å². The second kappa shape index (κ2) is 15.5. The molecule has 0 amide bonds. The summed E-state index contributed by atoms with van der Waals surface area (Å²) in [6.07, 6.45) is 4.48. The van der Waals surface area contributed by atoms with Gasteiger partial charge in [0.2, 0.25) is 0 Å². The van der Waals surface area contributed by atoms with Crippen LogP contribution in [0.5, 0.6) is 0 Å². The Labute approximate surface area is 242 Å². The average Bonchev–Trinajstić information content (AvgIpc) is 3.22. The Morgan fingerprint density at radius 3 is 1.94 bits per heavy atom. The van der Waals surface area contributed by atoms with Crippen LogP contribution < -0.4 is 24.8 Å². The maximum Gasteiger partial charge on any atom is -1.00 e. The molecule has 1 aliphatic carbocycles. The van der Waals surface area contributed by atoms with Crippen LogP contribution in [0.2, 0.25) is 13.1 Å². The first-order valence-electron chi connectivity index (χ1n) is 11.9. The fraction of sp³-hybridized carbons (Fsp3) is 0.387. The van der Waals surface area contributed by atoms with Crippen LogP contribution in [-0.4, -0.2) is 5.43 Å². The van der Waals surface area contributed by atoms with E-state index in [0.717, 1.165) is 6.42 Å². The van der Waals surface area contributed by atoms with Crippen LogP contribution in [-0.2, 0) is 29.8 Å². The van der Waals surface area contributed by atoms with Gasteiger partial charge >= 0.3 is 41.9 Å². The SMILES string of the molecule is CC(C)(C)Cc1cc2c(-c3ccccc3)cccc2[cH-]1.CC1=[C-]C(C)C(C)=C1C.C[Si](C)=[Zr+2].[Cl-].[Cl-]. The second-order valence-corrected chi connectivity index (χ2v) is 19.9. The molecule has 0 spiro atoms. The summed E-state index contributed by atoms with van der Waals surface area (Å²) in [6, 6.07) is 21.9. The van der Waals surface area contributed by atoms with Crippen molar-refractivity contribution in [2.45, 2.75) is 68.0 Å². The molecule has 3 aromatic carbocycles. The van der Waals surface area contributed by atoms with Crippen LogP contribution in [0.1, 0.15) is 54.0 Å². The zero-order valence-electron chi connectivity index (χ0n) is 22.8. The number of halogens is 2. The maximum atomic E-state index is 3.36. The molecule has 0 saturated carbocycles. The fourth-order valence-electron chi connectivity index (χ4n) is 4.04. The normalized spacial score (nSPS) is 14.6. The first kappa shape index (κ1) is 34.2. The molecule has 0 radical (unpaired) electrons. The van der Waals surface area contributed by atoms with Crippen LogP contribution >= 0.6 is 0 Å². The van der Waals surface area contributed by atoms with Crippen molar-refractivity contribution in [3.05, 3.63) is 89.0 Å². The minimum atomic E-state index is 0. The standard InChI is InChI=1S/C20H21.C9H13.C2H6Si.2ClH.Zr/c1-20(2,3)14-15-12-17-10-7-11-18(19(17)13-15)16-8-5-4-6-9-16;1-6-5-7(2)9(4)8(6)3;1-3-2;;;/h4-13H,14H2,1-3H3;6H,1-4H3;1-2H3;2*1H;/q2*-1;;;;+2/p-2. The molecule has 0 N–H and O–H groups in total. The van der Waals surface area contributed by atoms with E-state index in [4.69, 9.17) is 0 Å². The summed E-state index contributed by atoms with van der Waals surface area (Å²) in [4.78, 5) is 0. The number of allylic oxidation sites excluding steroid dienone is 4. The molecule has 3 aromatic rings. The van der Waals surface area contributed by atoms with Gasteiger partial charge in [-0.05, 0) is 17.4 Å². The summed E-state index contributed by atoms with van der Waals surface area (Å²) >= 11 is 1.74. The van der Waals surface area contributed by atoms with Gasteiger partial charge in [-0.15, -0.1) is 41.5 Å². The largest absolute Gasteiger partial charge is 1.00 e. The van der Waals surface area contributed by atoms with Crippen molar-refractivity contribution in [1.29, 1.82) is 0 Å². The molecule has 0 aliphatic heterocycles. The topological polar surface area (TPSA) is 0 Å². The molecule has 0 saturated heterocycles. The molecular formula is C31H40Cl2SiZr-2. The van der Waals surface area contributed by atoms with Gasteiger partial charge in [-0.3, -0.25) is 6.08 Å². The van der Waals surface area contributed by atoms with Crippen LogP contribution in [0.3, 0.4) is 0 Å². The first-order chi connectivity index (χ1) is 15.4. The minimum absolute atomic E-state index is 0. The van der Waals surface area contributed by atoms with Gasteiger partial charge in [0.15, 0.2) is 0 Å². The number of hydrogen-bond acceptors (Lipinski definition) is 0. The van der Waals surface area contributed by atoms with Gasteiger partial charge in [-0.2, -0.15) is 17.2 Å². The van der Waals surface area contributed by atoms with Gasteiger partial charge in [0.25, 0.3) is 0 Å². The van der Waals surface area contributed by atoms with E-state index in [1.165, 1.54) is 44.2 Å². The third-order valence-corrected chi connectivity index (χ3v) is 5.87. The van der Waals surface area contributed by atoms with Crippen molar-refractivity contribution >= 4 is 16.2 Å². The number of hydrogen-bond donors (Lipinski definition) is 0. The molecule has 1 aliphatic rings. The predicted octanol–water partition coefficient (Wildman–Crippen LogP) is 3.33. The summed E-state index contributed by atoms with van der Waals surface area (Å²) in [5.41, 5.74) is 8.86. The Balaban J connectivity index is 0.000000649. The summed E-state index contributed by atoms with van der Waals surface area (Å²) in [5, 5.41) is 2.73. The van der Waals surface area contributed by atoms with Crippen LogP contribution in [0.25, 0.3) is 21.9 Å². The fourth-order valence-corrected chi connectivity index (χ4v) is 4.04. The molecule has 188 valence electrons. The summed E-state index contributed by atoms with van der Waals surface area (Å²) in [6.45, 7) is 20.2. The molecule has 0 bridgehead atoms. The van der Waals surface area contributed by atoms with Crippen molar-refractivity contribution in [3.8, 4) is 11.1 Å². The van der Waals surface area contributed by atoms with Gasteiger partial charge in [-0.1, -0.05) is 89.4 Å². The van der Waals surface area contributed by atoms with Crippen molar-refractivity contribution in [1.82, 2.24) is 0 Å². The Morgan fingerprint density at radius 1 is 0.943 bits per heavy atom. The van der Waals surface area contributed by atoms with Crippen LogP contribution in [0, 0.1) is 17.4 Å². The van der Waals surface area contributed by atoms with Gasteiger partial charge in [0.1, 0.15) is 0 Å². The minimum Gasteiger partial charge on any atom is -1.00 e. The smallest absolute Gasteiger partial charge is 1.00 e. The van der Waals surface area contributed by atoms with E-state index >= 15 is 0 Å². The van der Waals surface area contributed by atoms with Crippen molar-refractivity contribution in [2.24, 2.45) is 11.3 Å². The Bertz CT molecular complexity index is 1140. The van der Waals surface area contributed by atoms with E-state index in [2.05, 4.69) is 128 Å². The molecule has 1 unspecified atom stereocenters. The number of benzene rings is 2. The number of rotatable bonds is 2. The number of fused-ring (bicyclic) bond motifs is 1. The molecular weight excluding hydrogens is 563 g/mol. The second-order valence-electron chi connectivity index (χ2n) is 10.6. The first-order valence-corrected chi connectivity index (χ1v) is 18.1. The zero-order valence-corrected chi connectivity index (χ0v) is 27.8. The van der Waals surface area contributed by atoms with Crippen LogP contribution in [0.15, 0.2) is 77.4 Å². The van der Waals surface area contributed by atoms with Crippen molar-refractivity contribution < 1.29 is 48.1 Å². The molecule has 35 heavy (non-hydrogen) atoms. The quantitative estimate of drug-likeness (QED) is 0.312. The van der Waals surface area contributed by atoms with E-state index in [1.807, 2.05) is 0 Å². The van der Waals surface area contributed by atoms with Crippen LogP contribution in [0.4, 0.5) is 0 Å². The summed E-state index contributed by atoms with van der Waals surface area (Å²) in [7, 11) is 0. The molecule has 0 heterocycles. The van der Waals surface area contributed by atoms with Gasteiger partial charge in [0, 0.05) is 0 Å². The van der Waals surface area contributed by atoms with E-state index in [1.54, 1.807) is 23.3 Å².